The summed E-state index contributed by atoms with van der Waals surface area (Å²) in [6.45, 7) is 6.30. The third kappa shape index (κ3) is 5.67. The molecule has 2 atom stereocenters. The highest BCUT2D eigenvalue weighted by atomic mass is 19.1. The van der Waals surface area contributed by atoms with E-state index in [4.69, 9.17) is 0 Å². The maximum absolute atomic E-state index is 13.4. The van der Waals surface area contributed by atoms with Crippen molar-refractivity contribution in [2.24, 2.45) is 5.41 Å². The predicted octanol–water partition coefficient (Wildman–Crippen LogP) is 2.76. The Balaban J connectivity index is 1.54. The Labute approximate surface area is 203 Å². The summed E-state index contributed by atoms with van der Waals surface area (Å²) in [4.78, 5) is 37.8. The van der Waals surface area contributed by atoms with E-state index in [2.05, 4.69) is 21.0 Å². The van der Waals surface area contributed by atoms with E-state index in [1.165, 1.54) is 12.1 Å². The van der Waals surface area contributed by atoms with Gasteiger partial charge in [0.1, 0.15) is 11.9 Å². The van der Waals surface area contributed by atoms with E-state index in [1.54, 1.807) is 16.8 Å². The lowest BCUT2D eigenvalue weighted by Crippen LogP contribution is -2.55. The summed E-state index contributed by atoms with van der Waals surface area (Å²) < 4.78 is 15.0. The molecule has 1 saturated heterocycles. The smallest absolute Gasteiger partial charge is 0.273 e. The van der Waals surface area contributed by atoms with Gasteiger partial charge in [0.05, 0.1) is 12.1 Å². The number of rotatable bonds is 7. The second-order valence-corrected chi connectivity index (χ2v) is 9.97. The minimum absolute atomic E-state index is 0.0203. The molecule has 2 heterocycles. The second-order valence-electron chi connectivity index (χ2n) is 9.97. The number of halogens is 1. The fraction of sp³-hybridized carbons (Fsp3) is 0.385. The van der Waals surface area contributed by atoms with E-state index < -0.39 is 17.4 Å². The average Bonchev–Trinajstić information content (AvgIpc) is 3.40. The van der Waals surface area contributed by atoms with Gasteiger partial charge in [-0.25, -0.2) is 4.39 Å². The highest BCUT2D eigenvalue weighted by molar-refractivity contribution is 6.06. The summed E-state index contributed by atoms with van der Waals surface area (Å²) >= 11 is 0. The first-order chi connectivity index (χ1) is 16.6. The molecule has 2 aromatic carbocycles. The lowest BCUT2D eigenvalue weighted by molar-refractivity contribution is -0.125. The Morgan fingerprint density at radius 3 is 2.54 bits per heavy atom. The van der Waals surface area contributed by atoms with Gasteiger partial charge in [-0.2, -0.15) is 5.10 Å². The van der Waals surface area contributed by atoms with Crippen LogP contribution in [0.2, 0.25) is 0 Å². The van der Waals surface area contributed by atoms with Crippen LogP contribution in [0.4, 0.5) is 4.39 Å². The van der Waals surface area contributed by atoms with Crippen LogP contribution in [0, 0.1) is 11.2 Å². The predicted molar refractivity (Wildman–Crippen MR) is 130 cm³/mol. The maximum atomic E-state index is 13.4. The first-order valence-corrected chi connectivity index (χ1v) is 11.7. The van der Waals surface area contributed by atoms with Crippen molar-refractivity contribution in [3.8, 4) is 0 Å². The average molecular weight is 480 g/mol. The second kappa shape index (κ2) is 9.85. The molecule has 184 valence electrons. The van der Waals surface area contributed by atoms with Crippen molar-refractivity contribution in [1.29, 1.82) is 0 Å². The van der Waals surface area contributed by atoms with E-state index in [1.807, 2.05) is 45.0 Å². The van der Waals surface area contributed by atoms with E-state index in [9.17, 15) is 18.8 Å². The number of benzene rings is 2. The zero-order valence-corrected chi connectivity index (χ0v) is 20.1. The van der Waals surface area contributed by atoms with Gasteiger partial charge in [0.15, 0.2) is 5.69 Å². The molecule has 8 nitrogen and oxygen atoms in total. The third-order valence-electron chi connectivity index (χ3n) is 6.13. The van der Waals surface area contributed by atoms with E-state index in [-0.39, 0.29) is 29.4 Å². The summed E-state index contributed by atoms with van der Waals surface area (Å²) in [6.07, 6.45) is 1.12. The first kappa shape index (κ1) is 24.4. The highest BCUT2D eigenvalue weighted by Crippen LogP contribution is 2.23. The van der Waals surface area contributed by atoms with Gasteiger partial charge in [-0.05, 0) is 35.6 Å². The molecule has 1 aliphatic rings. The van der Waals surface area contributed by atoms with Gasteiger partial charge in [0.25, 0.3) is 5.91 Å². The molecule has 2 unspecified atom stereocenters. The van der Waals surface area contributed by atoms with E-state index >= 15 is 0 Å². The van der Waals surface area contributed by atoms with Crippen molar-refractivity contribution >= 4 is 28.6 Å². The van der Waals surface area contributed by atoms with E-state index in [0.717, 1.165) is 11.1 Å². The molecular weight excluding hydrogens is 449 g/mol. The molecule has 1 fully saturated rings. The van der Waals surface area contributed by atoms with Crippen LogP contribution in [0.1, 0.15) is 49.7 Å². The molecule has 0 spiro atoms. The third-order valence-corrected chi connectivity index (χ3v) is 6.13. The summed E-state index contributed by atoms with van der Waals surface area (Å²) in [5.74, 6) is -1.11. The number of amides is 3. The van der Waals surface area contributed by atoms with E-state index in [0.29, 0.717) is 31.3 Å². The Morgan fingerprint density at radius 1 is 1.17 bits per heavy atom. The molecule has 3 amide bonds. The maximum Gasteiger partial charge on any atom is 0.273 e. The monoisotopic (exact) mass is 479 g/mol. The number of fused-ring (bicyclic) bond motifs is 1. The number of aromatic nitrogens is 2. The molecule has 9 heteroatoms. The minimum atomic E-state index is -0.812. The van der Waals surface area contributed by atoms with Crippen molar-refractivity contribution in [3.05, 3.63) is 65.6 Å². The van der Waals surface area contributed by atoms with Crippen LogP contribution in [0.3, 0.4) is 0 Å². The van der Waals surface area contributed by atoms with Gasteiger partial charge >= 0.3 is 0 Å². The summed E-state index contributed by atoms with van der Waals surface area (Å²) in [6, 6.07) is 12.6. The van der Waals surface area contributed by atoms with Crippen molar-refractivity contribution in [2.45, 2.75) is 52.2 Å². The van der Waals surface area contributed by atoms with Gasteiger partial charge in [-0.1, -0.05) is 51.1 Å². The number of nitrogens with one attached hydrogen (secondary N) is 3. The first-order valence-electron chi connectivity index (χ1n) is 11.7. The van der Waals surface area contributed by atoms with Crippen molar-refractivity contribution in [2.75, 3.05) is 6.54 Å². The Bertz CT molecular complexity index is 1250. The normalized spacial score (nSPS) is 16.7. The summed E-state index contributed by atoms with van der Waals surface area (Å²) in [7, 11) is 0. The molecule has 1 aliphatic heterocycles. The Kier molecular flexibility index (Phi) is 6.86. The Morgan fingerprint density at radius 2 is 1.89 bits per heavy atom. The molecule has 0 aliphatic carbocycles. The number of nitrogens with zero attached hydrogens (tertiary/aromatic N) is 2. The molecule has 4 rings (SSSR count). The van der Waals surface area contributed by atoms with Gasteiger partial charge in [0.2, 0.25) is 11.8 Å². The topological polar surface area (TPSA) is 105 Å². The zero-order chi connectivity index (χ0) is 25.2. The van der Waals surface area contributed by atoms with Crippen molar-refractivity contribution in [3.63, 3.8) is 0 Å². The van der Waals surface area contributed by atoms with Crippen molar-refractivity contribution < 1.29 is 18.8 Å². The fourth-order valence-electron chi connectivity index (χ4n) is 4.21. The minimum Gasteiger partial charge on any atom is -0.352 e. The van der Waals surface area contributed by atoms with Gasteiger partial charge in [-0.15, -0.1) is 0 Å². The number of hydrogen-bond acceptors (Lipinski definition) is 4. The highest BCUT2D eigenvalue weighted by Gasteiger charge is 2.34. The zero-order valence-electron chi connectivity index (χ0n) is 20.1. The van der Waals surface area contributed by atoms with Crippen LogP contribution in [0.25, 0.3) is 10.9 Å². The SMILES string of the molecule is CC(C)(C)C(NC(=O)c1nn(Cc2ccc(F)cc2)c2ccccc12)C(=O)NCC1CCC(=O)N1. The molecule has 1 aromatic heterocycles. The molecule has 3 aromatic rings. The number of para-hydroxylation sites is 1. The number of carbonyl (C=O) groups excluding carboxylic acids is 3. The largest absolute Gasteiger partial charge is 0.352 e. The quantitative estimate of drug-likeness (QED) is 0.485. The molecule has 3 N–H and O–H groups in total. The molecular formula is C26H30FN5O3. The fourth-order valence-corrected chi connectivity index (χ4v) is 4.21. The molecule has 0 radical (unpaired) electrons. The van der Waals surface area contributed by atoms with Gasteiger partial charge in [-0.3, -0.25) is 19.1 Å². The van der Waals surface area contributed by atoms with Crippen LogP contribution in [-0.4, -0.2) is 46.1 Å². The molecule has 0 bridgehead atoms. The van der Waals surface area contributed by atoms with Gasteiger partial charge in [0, 0.05) is 24.4 Å². The van der Waals surface area contributed by atoms with Crippen LogP contribution in [0.5, 0.6) is 0 Å². The number of carbonyl (C=O) groups is 3. The number of hydrogen-bond donors (Lipinski definition) is 3. The van der Waals surface area contributed by atoms with Crippen LogP contribution in [-0.2, 0) is 16.1 Å². The van der Waals surface area contributed by atoms with Crippen molar-refractivity contribution in [1.82, 2.24) is 25.7 Å². The van der Waals surface area contributed by atoms with Crippen LogP contribution < -0.4 is 16.0 Å². The lowest BCUT2D eigenvalue weighted by atomic mass is 9.86. The molecule has 35 heavy (non-hydrogen) atoms. The lowest BCUT2D eigenvalue weighted by Gasteiger charge is -2.30. The summed E-state index contributed by atoms with van der Waals surface area (Å²) in [5.41, 5.74) is 1.26. The Hall–Kier alpha value is -3.75. The van der Waals surface area contributed by atoms with Gasteiger partial charge < -0.3 is 16.0 Å². The summed E-state index contributed by atoms with van der Waals surface area (Å²) in [5, 5.41) is 13.8. The molecule has 0 saturated carbocycles. The van der Waals surface area contributed by atoms with Crippen LogP contribution in [0.15, 0.2) is 48.5 Å². The van der Waals surface area contributed by atoms with Crippen LogP contribution >= 0.6 is 0 Å². The standard InChI is InChI=1S/C26H30FN5O3/c1-26(2,3)23(25(35)28-14-18-12-13-21(33)29-18)30-24(34)22-19-6-4-5-7-20(19)32(31-22)15-16-8-10-17(27)11-9-16/h4-11,18,23H,12-15H2,1-3H3,(H,28,35)(H,29,33)(H,30,34).